The highest BCUT2D eigenvalue weighted by atomic mass is 19.1. The summed E-state index contributed by atoms with van der Waals surface area (Å²) in [7, 11) is 0. The Balaban J connectivity index is 1.86. The van der Waals surface area contributed by atoms with Gasteiger partial charge in [0.25, 0.3) is 5.91 Å². The van der Waals surface area contributed by atoms with Crippen molar-refractivity contribution in [2.24, 2.45) is 5.92 Å². The zero-order chi connectivity index (χ0) is 13.8. The highest BCUT2D eigenvalue weighted by Gasteiger charge is 2.21. The number of rotatable bonds is 4. The fourth-order valence-corrected chi connectivity index (χ4v) is 2.39. The Morgan fingerprint density at radius 3 is 3.00 bits per heavy atom. The van der Waals surface area contributed by atoms with Gasteiger partial charge in [-0.2, -0.15) is 0 Å². The summed E-state index contributed by atoms with van der Waals surface area (Å²) in [5.41, 5.74) is 5.86. The maximum Gasteiger partial charge on any atom is 0.251 e. The summed E-state index contributed by atoms with van der Waals surface area (Å²) >= 11 is 0. The third-order valence-corrected chi connectivity index (χ3v) is 3.63. The zero-order valence-corrected chi connectivity index (χ0v) is 11.2. The molecule has 1 fully saturated rings. The van der Waals surface area contributed by atoms with Crippen LogP contribution in [0.5, 0.6) is 0 Å². The summed E-state index contributed by atoms with van der Waals surface area (Å²) in [5, 5.41) is 2.89. The van der Waals surface area contributed by atoms with Crippen molar-refractivity contribution >= 4 is 11.6 Å². The summed E-state index contributed by atoms with van der Waals surface area (Å²) in [5.74, 6) is -0.186. The van der Waals surface area contributed by atoms with E-state index in [1.54, 1.807) is 0 Å². The van der Waals surface area contributed by atoms with Gasteiger partial charge in [-0.1, -0.05) is 6.92 Å². The van der Waals surface area contributed by atoms with Crippen LogP contribution < -0.4 is 11.1 Å². The van der Waals surface area contributed by atoms with Gasteiger partial charge in [0.1, 0.15) is 5.82 Å². The van der Waals surface area contributed by atoms with E-state index in [0.29, 0.717) is 18.0 Å². The third-order valence-electron chi connectivity index (χ3n) is 3.63. The molecule has 5 heteroatoms. The van der Waals surface area contributed by atoms with E-state index in [1.165, 1.54) is 18.2 Å². The number of hydrogen-bond donors (Lipinski definition) is 2. The topological polar surface area (TPSA) is 58.4 Å². The van der Waals surface area contributed by atoms with E-state index >= 15 is 0 Å². The van der Waals surface area contributed by atoms with Crippen molar-refractivity contribution in [3.63, 3.8) is 0 Å². The van der Waals surface area contributed by atoms with Crippen molar-refractivity contribution in [2.75, 3.05) is 31.9 Å². The molecule has 2 rings (SSSR count). The highest BCUT2D eigenvalue weighted by molar-refractivity contribution is 5.95. The molecule has 0 saturated carbocycles. The lowest BCUT2D eigenvalue weighted by Gasteiger charge is -2.13. The SMILES string of the molecule is CCN1CCC(CNC(=O)c2ccc(F)c(N)c2)C1. The molecule has 0 aliphatic carbocycles. The number of benzene rings is 1. The monoisotopic (exact) mass is 265 g/mol. The zero-order valence-electron chi connectivity index (χ0n) is 11.2. The molecule has 0 spiro atoms. The Morgan fingerprint density at radius 2 is 2.37 bits per heavy atom. The van der Waals surface area contributed by atoms with Crippen LogP contribution in [0.1, 0.15) is 23.7 Å². The maximum atomic E-state index is 13.0. The van der Waals surface area contributed by atoms with E-state index in [4.69, 9.17) is 5.73 Å². The largest absolute Gasteiger partial charge is 0.396 e. The van der Waals surface area contributed by atoms with Gasteiger partial charge in [-0.15, -0.1) is 0 Å². The molecule has 0 radical (unpaired) electrons. The van der Waals surface area contributed by atoms with Gasteiger partial charge < -0.3 is 16.0 Å². The van der Waals surface area contributed by atoms with Crippen LogP contribution in [0.3, 0.4) is 0 Å². The molecule has 4 nitrogen and oxygen atoms in total. The summed E-state index contributed by atoms with van der Waals surface area (Å²) in [6.07, 6.45) is 1.11. The van der Waals surface area contributed by atoms with Crippen LogP contribution in [0.4, 0.5) is 10.1 Å². The van der Waals surface area contributed by atoms with Gasteiger partial charge in [0, 0.05) is 18.7 Å². The molecule has 19 heavy (non-hydrogen) atoms. The van der Waals surface area contributed by atoms with Gasteiger partial charge in [0.2, 0.25) is 0 Å². The van der Waals surface area contributed by atoms with Crippen molar-refractivity contribution in [2.45, 2.75) is 13.3 Å². The first-order valence-corrected chi connectivity index (χ1v) is 6.65. The fraction of sp³-hybridized carbons (Fsp3) is 0.500. The standard InChI is InChI=1S/C14H20FN3O/c1-2-18-6-5-10(9-18)8-17-14(19)11-3-4-12(15)13(16)7-11/h3-4,7,10H,2,5-6,8-9,16H2,1H3,(H,17,19). The minimum absolute atomic E-state index is 0.00525. The fourth-order valence-electron chi connectivity index (χ4n) is 2.39. The number of carbonyl (C=O) groups is 1. The Labute approximate surface area is 112 Å². The molecule has 1 heterocycles. The van der Waals surface area contributed by atoms with Crippen LogP contribution in [-0.2, 0) is 0 Å². The molecule has 0 bridgehead atoms. The number of carbonyl (C=O) groups excluding carboxylic acids is 1. The van der Waals surface area contributed by atoms with Crippen LogP contribution in [0.25, 0.3) is 0 Å². The van der Waals surface area contributed by atoms with E-state index in [2.05, 4.69) is 17.1 Å². The third kappa shape index (κ3) is 3.44. The number of nitrogens with zero attached hydrogens (tertiary/aromatic N) is 1. The van der Waals surface area contributed by atoms with E-state index in [9.17, 15) is 9.18 Å². The second-order valence-electron chi connectivity index (χ2n) is 4.99. The lowest BCUT2D eigenvalue weighted by molar-refractivity contribution is 0.0947. The number of anilines is 1. The molecule has 0 aromatic heterocycles. The predicted octanol–water partition coefficient (Wildman–Crippen LogP) is 1.48. The normalized spacial score (nSPS) is 19.6. The Hall–Kier alpha value is -1.62. The van der Waals surface area contributed by atoms with Crippen LogP contribution >= 0.6 is 0 Å². The molecule has 1 unspecified atom stereocenters. The lowest BCUT2D eigenvalue weighted by Crippen LogP contribution is -2.31. The number of amides is 1. The van der Waals surface area contributed by atoms with Gasteiger partial charge in [0.05, 0.1) is 5.69 Å². The average Bonchev–Trinajstić information content (AvgIpc) is 2.87. The van der Waals surface area contributed by atoms with Gasteiger partial charge in [-0.3, -0.25) is 4.79 Å². The average molecular weight is 265 g/mol. The molecule has 1 amide bonds. The molecule has 1 aromatic carbocycles. The summed E-state index contributed by atoms with van der Waals surface area (Å²) in [6.45, 7) is 5.98. The van der Waals surface area contributed by atoms with E-state index in [1.807, 2.05) is 0 Å². The van der Waals surface area contributed by atoms with Crippen molar-refractivity contribution in [3.8, 4) is 0 Å². The number of nitrogens with one attached hydrogen (secondary N) is 1. The van der Waals surface area contributed by atoms with E-state index < -0.39 is 5.82 Å². The van der Waals surface area contributed by atoms with Gasteiger partial charge >= 0.3 is 0 Å². The lowest BCUT2D eigenvalue weighted by atomic mass is 10.1. The number of likely N-dealkylation sites (tertiary alicyclic amines) is 1. The molecular weight excluding hydrogens is 245 g/mol. The van der Waals surface area contributed by atoms with Gasteiger partial charge in [0.15, 0.2) is 0 Å². The van der Waals surface area contributed by atoms with Crippen molar-refractivity contribution in [3.05, 3.63) is 29.6 Å². The molecular formula is C14H20FN3O. The summed E-state index contributed by atoms with van der Waals surface area (Å²) in [4.78, 5) is 14.3. The quantitative estimate of drug-likeness (QED) is 0.811. The number of nitrogen functional groups attached to an aromatic ring is 1. The van der Waals surface area contributed by atoms with Crippen molar-refractivity contribution in [1.29, 1.82) is 0 Å². The van der Waals surface area contributed by atoms with Crippen molar-refractivity contribution in [1.82, 2.24) is 10.2 Å². The van der Waals surface area contributed by atoms with E-state index in [-0.39, 0.29) is 11.6 Å². The second-order valence-corrected chi connectivity index (χ2v) is 4.99. The van der Waals surface area contributed by atoms with Gasteiger partial charge in [-0.25, -0.2) is 4.39 Å². The first-order valence-electron chi connectivity index (χ1n) is 6.65. The molecule has 3 N–H and O–H groups in total. The molecule has 1 aliphatic rings. The number of nitrogens with two attached hydrogens (primary N) is 1. The molecule has 1 saturated heterocycles. The molecule has 1 aromatic rings. The van der Waals surface area contributed by atoms with Crippen LogP contribution in [0.15, 0.2) is 18.2 Å². The summed E-state index contributed by atoms with van der Waals surface area (Å²) in [6, 6.07) is 4.05. The van der Waals surface area contributed by atoms with Crippen LogP contribution in [-0.4, -0.2) is 37.0 Å². The molecule has 104 valence electrons. The van der Waals surface area contributed by atoms with Crippen LogP contribution in [0, 0.1) is 11.7 Å². The predicted molar refractivity (Wildman–Crippen MR) is 73.4 cm³/mol. The smallest absolute Gasteiger partial charge is 0.251 e. The van der Waals surface area contributed by atoms with Gasteiger partial charge in [-0.05, 0) is 43.6 Å². The molecule has 1 aliphatic heterocycles. The highest BCUT2D eigenvalue weighted by Crippen LogP contribution is 2.15. The molecule has 1 atom stereocenters. The summed E-state index contributed by atoms with van der Waals surface area (Å²) < 4.78 is 13.0. The second kappa shape index (κ2) is 6.02. The van der Waals surface area contributed by atoms with Crippen LogP contribution in [0.2, 0.25) is 0 Å². The first-order chi connectivity index (χ1) is 9.10. The number of hydrogen-bond acceptors (Lipinski definition) is 3. The van der Waals surface area contributed by atoms with Crippen molar-refractivity contribution < 1.29 is 9.18 Å². The Kier molecular flexibility index (Phi) is 4.37. The minimum Gasteiger partial charge on any atom is -0.396 e. The Morgan fingerprint density at radius 1 is 1.58 bits per heavy atom. The minimum atomic E-state index is -0.495. The number of halogens is 1. The first kappa shape index (κ1) is 13.8. The van der Waals surface area contributed by atoms with E-state index in [0.717, 1.165) is 26.1 Å². The maximum absolute atomic E-state index is 13.0. The Bertz CT molecular complexity index is 464.